The second-order valence-corrected chi connectivity index (χ2v) is 3.91. The normalized spacial score (nSPS) is 11.9. The van der Waals surface area contributed by atoms with Crippen molar-refractivity contribution in [3.63, 3.8) is 0 Å². The second-order valence-electron chi connectivity index (χ2n) is 3.91. The molecule has 16 heavy (non-hydrogen) atoms. The molecule has 1 rings (SSSR count). The number of hydrogen-bond donors (Lipinski definition) is 0. The Balaban J connectivity index is 2.41. The van der Waals surface area contributed by atoms with E-state index in [1.807, 2.05) is 44.2 Å². The van der Waals surface area contributed by atoms with Crippen LogP contribution in [0, 0.1) is 0 Å². The zero-order chi connectivity index (χ0) is 12.0. The molecule has 0 saturated heterocycles. The van der Waals surface area contributed by atoms with Crippen molar-refractivity contribution in [1.82, 2.24) is 4.90 Å². The van der Waals surface area contributed by atoms with E-state index in [0.717, 1.165) is 12.0 Å². The Bertz CT molecular complexity index is 324. The molecule has 0 aliphatic rings. The van der Waals surface area contributed by atoms with Crippen LogP contribution in [-0.4, -0.2) is 24.1 Å². The van der Waals surface area contributed by atoms with Crippen molar-refractivity contribution < 1.29 is 9.53 Å². The van der Waals surface area contributed by atoms with Gasteiger partial charge in [0.1, 0.15) is 6.61 Å². The Labute approximate surface area is 97.0 Å². The van der Waals surface area contributed by atoms with E-state index in [4.69, 9.17) is 4.74 Å². The van der Waals surface area contributed by atoms with Gasteiger partial charge in [0.15, 0.2) is 0 Å². The molecule has 0 N–H and O–H groups in total. The summed E-state index contributed by atoms with van der Waals surface area (Å²) in [5.41, 5.74) is 1.01. The largest absolute Gasteiger partial charge is 0.445 e. The number of carbonyl (C=O) groups excluding carboxylic acids is 1. The zero-order valence-corrected chi connectivity index (χ0v) is 10.1. The van der Waals surface area contributed by atoms with Crippen LogP contribution in [0.5, 0.6) is 0 Å². The molecule has 0 aromatic heterocycles. The van der Waals surface area contributed by atoms with Crippen molar-refractivity contribution >= 4 is 6.09 Å². The molecule has 0 fully saturated rings. The quantitative estimate of drug-likeness (QED) is 0.782. The summed E-state index contributed by atoms with van der Waals surface area (Å²) in [5.74, 6) is 0. The molecule has 1 amide bonds. The highest BCUT2D eigenvalue weighted by atomic mass is 16.6. The van der Waals surface area contributed by atoms with E-state index in [0.29, 0.717) is 6.61 Å². The lowest BCUT2D eigenvalue weighted by molar-refractivity contribution is 0.0929. The molecule has 0 bridgehead atoms. The Kier molecular flexibility index (Phi) is 4.83. The van der Waals surface area contributed by atoms with Crippen molar-refractivity contribution in [1.29, 1.82) is 0 Å². The van der Waals surface area contributed by atoms with Crippen LogP contribution in [0.2, 0.25) is 0 Å². The molecule has 0 spiro atoms. The summed E-state index contributed by atoms with van der Waals surface area (Å²) in [6, 6.07) is 9.90. The van der Waals surface area contributed by atoms with E-state index < -0.39 is 0 Å². The first-order valence-corrected chi connectivity index (χ1v) is 5.58. The van der Waals surface area contributed by atoms with E-state index in [1.54, 1.807) is 11.9 Å². The lowest BCUT2D eigenvalue weighted by Crippen LogP contribution is -2.34. The maximum atomic E-state index is 11.6. The van der Waals surface area contributed by atoms with Gasteiger partial charge in [0, 0.05) is 13.1 Å². The number of benzene rings is 1. The van der Waals surface area contributed by atoms with Crippen LogP contribution in [0.25, 0.3) is 0 Å². The Morgan fingerprint density at radius 1 is 1.38 bits per heavy atom. The highest BCUT2D eigenvalue weighted by molar-refractivity contribution is 5.67. The first-order valence-electron chi connectivity index (χ1n) is 5.58. The van der Waals surface area contributed by atoms with Gasteiger partial charge in [0.2, 0.25) is 0 Å². The summed E-state index contributed by atoms with van der Waals surface area (Å²) < 4.78 is 5.20. The number of rotatable bonds is 4. The predicted octanol–water partition coefficient (Wildman–Crippen LogP) is 3.05. The standard InChI is InChI=1S/C13H19NO2/c1-4-11(2)14(3)13(15)16-10-12-8-6-5-7-9-12/h5-9,11H,4,10H2,1-3H3. The minimum atomic E-state index is -0.266. The van der Waals surface area contributed by atoms with Gasteiger partial charge in [-0.1, -0.05) is 37.3 Å². The number of hydrogen-bond acceptors (Lipinski definition) is 2. The van der Waals surface area contributed by atoms with Crippen molar-refractivity contribution in [2.45, 2.75) is 32.9 Å². The Morgan fingerprint density at radius 2 is 2.00 bits per heavy atom. The average Bonchev–Trinajstić information content (AvgIpc) is 2.35. The lowest BCUT2D eigenvalue weighted by Gasteiger charge is -2.22. The van der Waals surface area contributed by atoms with Crippen LogP contribution in [-0.2, 0) is 11.3 Å². The summed E-state index contributed by atoms with van der Waals surface area (Å²) in [7, 11) is 1.77. The summed E-state index contributed by atoms with van der Waals surface area (Å²) in [4.78, 5) is 13.2. The third-order valence-electron chi connectivity index (χ3n) is 2.75. The van der Waals surface area contributed by atoms with Crippen LogP contribution in [0.4, 0.5) is 4.79 Å². The topological polar surface area (TPSA) is 29.5 Å². The molecule has 1 unspecified atom stereocenters. The summed E-state index contributed by atoms with van der Waals surface area (Å²) >= 11 is 0. The minimum Gasteiger partial charge on any atom is -0.445 e. The maximum Gasteiger partial charge on any atom is 0.410 e. The van der Waals surface area contributed by atoms with Gasteiger partial charge in [0.25, 0.3) is 0 Å². The van der Waals surface area contributed by atoms with Gasteiger partial charge < -0.3 is 9.64 Å². The fraction of sp³-hybridized carbons (Fsp3) is 0.462. The van der Waals surface area contributed by atoms with Gasteiger partial charge in [-0.15, -0.1) is 0 Å². The molecule has 1 atom stereocenters. The molecule has 0 aliphatic heterocycles. The van der Waals surface area contributed by atoms with Crippen molar-refractivity contribution in [3.8, 4) is 0 Å². The molecular formula is C13H19NO2. The summed E-state index contributed by atoms with van der Waals surface area (Å²) in [5, 5.41) is 0. The van der Waals surface area contributed by atoms with Gasteiger partial charge in [-0.05, 0) is 18.9 Å². The molecule has 88 valence electrons. The molecule has 0 heterocycles. The number of nitrogens with zero attached hydrogens (tertiary/aromatic N) is 1. The molecule has 0 radical (unpaired) electrons. The van der Waals surface area contributed by atoms with Gasteiger partial charge in [0.05, 0.1) is 0 Å². The maximum absolute atomic E-state index is 11.6. The summed E-state index contributed by atoms with van der Waals surface area (Å²) in [6.45, 7) is 4.38. The van der Waals surface area contributed by atoms with Crippen LogP contribution in [0.15, 0.2) is 30.3 Å². The fourth-order valence-electron chi connectivity index (χ4n) is 1.27. The van der Waals surface area contributed by atoms with Crippen LogP contribution in [0.3, 0.4) is 0 Å². The van der Waals surface area contributed by atoms with E-state index in [1.165, 1.54) is 0 Å². The zero-order valence-electron chi connectivity index (χ0n) is 10.1. The Hall–Kier alpha value is -1.51. The third kappa shape index (κ3) is 3.57. The first kappa shape index (κ1) is 12.6. The van der Waals surface area contributed by atoms with E-state index >= 15 is 0 Å². The molecule has 0 aliphatic carbocycles. The minimum absolute atomic E-state index is 0.211. The molecule has 3 heteroatoms. The molecule has 0 saturated carbocycles. The second kappa shape index (κ2) is 6.16. The number of amides is 1. The van der Waals surface area contributed by atoms with E-state index in [2.05, 4.69) is 0 Å². The Morgan fingerprint density at radius 3 is 2.56 bits per heavy atom. The van der Waals surface area contributed by atoms with Crippen molar-refractivity contribution in [2.24, 2.45) is 0 Å². The highest BCUT2D eigenvalue weighted by Gasteiger charge is 2.14. The smallest absolute Gasteiger partial charge is 0.410 e. The van der Waals surface area contributed by atoms with Gasteiger partial charge in [-0.3, -0.25) is 0 Å². The van der Waals surface area contributed by atoms with E-state index in [9.17, 15) is 4.79 Å². The monoisotopic (exact) mass is 221 g/mol. The first-order chi connectivity index (χ1) is 7.65. The third-order valence-corrected chi connectivity index (χ3v) is 2.75. The summed E-state index contributed by atoms with van der Waals surface area (Å²) in [6.07, 6.45) is 0.662. The molecule has 1 aromatic rings. The molecular weight excluding hydrogens is 202 g/mol. The molecule has 3 nitrogen and oxygen atoms in total. The molecule has 1 aromatic carbocycles. The van der Waals surface area contributed by atoms with Crippen LogP contribution >= 0.6 is 0 Å². The van der Waals surface area contributed by atoms with Gasteiger partial charge >= 0.3 is 6.09 Å². The SMILES string of the molecule is CCC(C)N(C)C(=O)OCc1ccccc1. The van der Waals surface area contributed by atoms with Crippen molar-refractivity contribution in [2.75, 3.05) is 7.05 Å². The van der Waals surface area contributed by atoms with Crippen LogP contribution in [0.1, 0.15) is 25.8 Å². The van der Waals surface area contributed by atoms with Gasteiger partial charge in [-0.2, -0.15) is 0 Å². The highest BCUT2D eigenvalue weighted by Crippen LogP contribution is 2.06. The number of ether oxygens (including phenoxy) is 1. The number of carbonyl (C=O) groups is 1. The van der Waals surface area contributed by atoms with Gasteiger partial charge in [-0.25, -0.2) is 4.79 Å². The van der Waals surface area contributed by atoms with E-state index in [-0.39, 0.29) is 12.1 Å². The average molecular weight is 221 g/mol. The lowest BCUT2D eigenvalue weighted by atomic mass is 10.2. The van der Waals surface area contributed by atoms with Crippen LogP contribution < -0.4 is 0 Å². The van der Waals surface area contributed by atoms with Crippen molar-refractivity contribution in [3.05, 3.63) is 35.9 Å². The fourth-order valence-corrected chi connectivity index (χ4v) is 1.27. The predicted molar refractivity (Wildman–Crippen MR) is 64.1 cm³/mol.